The molecule has 0 saturated carbocycles. The van der Waals surface area contributed by atoms with Crippen LogP contribution in [0.3, 0.4) is 0 Å². The number of rotatable bonds is 3. The summed E-state index contributed by atoms with van der Waals surface area (Å²) >= 11 is 0. The lowest BCUT2D eigenvalue weighted by atomic mass is 10.1. The maximum Gasteiger partial charge on any atom is 0.304 e. The first kappa shape index (κ1) is 15.3. The van der Waals surface area contributed by atoms with Crippen LogP contribution in [-0.2, 0) is 9.53 Å². The third-order valence-corrected chi connectivity index (χ3v) is 3.17. The summed E-state index contributed by atoms with van der Waals surface area (Å²) in [7, 11) is 0.116. The van der Waals surface area contributed by atoms with Crippen molar-refractivity contribution in [3.8, 4) is 17.2 Å². The topological polar surface area (TPSA) is 35.5 Å². The summed E-state index contributed by atoms with van der Waals surface area (Å²) in [5.41, 5.74) is 4.10. The second-order valence-electron chi connectivity index (χ2n) is 5.28. The van der Waals surface area contributed by atoms with E-state index in [1.165, 1.54) is 6.92 Å². The Labute approximate surface area is 115 Å². The molecule has 0 aliphatic rings. The molecule has 0 aliphatic carbocycles. The summed E-state index contributed by atoms with van der Waals surface area (Å²) in [6.45, 7) is 7.85. The molecule has 0 aromatic heterocycles. The zero-order valence-corrected chi connectivity index (χ0v) is 13.1. The Hall–Kier alpha value is -1.73. The molecule has 0 spiro atoms. The number of hydrogen-bond acceptors (Lipinski definition) is 3. The molecule has 1 atom stereocenters. The van der Waals surface area contributed by atoms with Gasteiger partial charge in [0, 0.05) is 12.5 Å². The molecular weight excluding hydrogens is 256 g/mol. The number of ether oxygens (including phenoxy) is 2. The predicted octanol–water partition coefficient (Wildman–Crippen LogP) is 3.18. The van der Waals surface area contributed by atoms with Crippen molar-refractivity contribution in [2.45, 2.75) is 32.7 Å². The van der Waals surface area contributed by atoms with Crippen LogP contribution < -0.4 is 4.74 Å². The maximum atomic E-state index is 11.2. The maximum absolute atomic E-state index is 11.2. The Balaban J connectivity index is 3.00. The van der Waals surface area contributed by atoms with Crippen LogP contribution in [0.15, 0.2) is 24.3 Å². The molecule has 19 heavy (non-hydrogen) atoms. The predicted molar refractivity (Wildman–Crippen MR) is 78.6 cm³/mol. The van der Waals surface area contributed by atoms with Crippen molar-refractivity contribution >= 4 is 14.0 Å². The van der Waals surface area contributed by atoms with E-state index in [4.69, 9.17) is 9.47 Å². The summed E-state index contributed by atoms with van der Waals surface area (Å²) < 4.78 is 10.4. The molecule has 1 aromatic carbocycles. The van der Waals surface area contributed by atoms with Crippen molar-refractivity contribution in [3.05, 3.63) is 29.8 Å². The molecular formula is C15H20O3Si. The van der Waals surface area contributed by atoms with Gasteiger partial charge in [0.15, 0.2) is 6.10 Å². The van der Waals surface area contributed by atoms with Crippen LogP contribution in [0.2, 0.25) is 19.6 Å². The molecule has 0 fully saturated rings. The standard InChI is InChI=1S/C15H20O3Si/c1-12(16)18-15(10-11-19(3,4)5)13-6-8-14(17-2)9-7-13/h6-9,15H,1-5H3. The normalized spacial score (nSPS) is 12.1. The molecule has 0 aliphatic heterocycles. The number of carbonyl (C=O) groups excluding carboxylic acids is 1. The van der Waals surface area contributed by atoms with Gasteiger partial charge in [0.1, 0.15) is 13.8 Å². The summed E-state index contributed by atoms with van der Waals surface area (Å²) in [4.78, 5) is 11.2. The van der Waals surface area contributed by atoms with E-state index in [1.807, 2.05) is 24.3 Å². The molecule has 0 N–H and O–H groups in total. The Morgan fingerprint density at radius 2 is 1.79 bits per heavy atom. The Morgan fingerprint density at radius 1 is 1.21 bits per heavy atom. The van der Waals surface area contributed by atoms with Gasteiger partial charge in [-0.05, 0) is 12.1 Å². The largest absolute Gasteiger partial charge is 0.497 e. The molecule has 1 aromatic rings. The van der Waals surface area contributed by atoms with Crippen molar-refractivity contribution in [2.24, 2.45) is 0 Å². The van der Waals surface area contributed by atoms with Gasteiger partial charge in [-0.15, -0.1) is 5.54 Å². The highest BCUT2D eigenvalue weighted by molar-refractivity contribution is 6.83. The second-order valence-corrected chi connectivity index (χ2v) is 10.0. The fourth-order valence-corrected chi connectivity index (χ4v) is 1.97. The lowest BCUT2D eigenvalue weighted by Gasteiger charge is -2.13. The lowest BCUT2D eigenvalue weighted by Crippen LogP contribution is -2.17. The van der Waals surface area contributed by atoms with Crippen LogP contribution >= 0.6 is 0 Å². The number of hydrogen-bond donors (Lipinski definition) is 0. The number of methoxy groups -OCH3 is 1. The first-order chi connectivity index (χ1) is 8.81. The van der Waals surface area contributed by atoms with E-state index in [-0.39, 0.29) is 5.97 Å². The molecule has 0 bridgehead atoms. The van der Waals surface area contributed by atoms with Crippen LogP contribution in [0.4, 0.5) is 0 Å². The summed E-state index contributed by atoms with van der Waals surface area (Å²) in [5.74, 6) is 3.51. The average Bonchev–Trinajstić information content (AvgIpc) is 2.33. The third-order valence-electron chi connectivity index (χ3n) is 2.28. The van der Waals surface area contributed by atoms with Gasteiger partial charge in [-0.25, -0.2) is 0 Å². The average molecular weight is 276 g/mol. The van der Waals surface area contributed by atoms with Crippen LogP contribution in [-0.4, -0.2) is 21.2 Å². The fourth-order valence-electron chi connectivity index (χ4n) is 1.41. The molecule has 1 rings (SSSR count). The Kier molecular flexibility index (Phi) is 5.19. The van der Waals surface area contributed by atoms with Crippen molar-refractivity contribution in [3.63, 3.8) is 0 Å². The van der Waals surface area contributed by atoms with Crippen LogP contribution in [0.1, 0.15) is 18.6 Å². The van der Waals surface area contributed by atoms with E-state index in [1.54, 1.807) is 7.11 Å². The highest BCUT2D eigenvalue weighted by Crippen LogP contribution is 2.20. The van der Waals surface area contributed by atoms with E-state index >= 15 is 0 Å². The van der Waals surface area contributed by atoms with Gasteiger partial charge in [0.2, 0.25) is 0 Å². The Morgan fingerprint density at radius 3 is 2.21 bits per heavy atom. The van der Waals surface area contributed by atoms with Crippen LogP contribution in [0.25, 0.3) is 0 Å². The van der Waals surface area contributed by atoms with Crippen molar-refractivity contribution in [1.82, 2.24) is 0 Å². The van der Waals surface area contributed by atoms with Gasteiger partial charge < -0.3 is 9.47 Å². The molecule has 3 nitrogen and oxygen atoms in total. The first-order valence-corrected chi connectivity index (χ1v) is 9.66. The van der Waals surface area contributed by atoms with Gasteiger partial charge in [0.05, 0.1) is 7.11 Å². The zero-order valence-electron chi connectivity index (χ0n) is 12.1. The van der Waals surface area contributed by atoms with Gasteiger partial charge in [-0.3, -0.25) is 4.79 Å². The fraction of sp³-hybridized carbons (Fsp3) is 0.400. The molecule has 4 heteroatoms. The van der Waals surface area contributed by atoms with Crippen molar-refractivity contribution < 1.29 is 14.3 Å². The minimum Gasteiger partial charge on any atom is -0.497 e. The number of benzene rings is 1. The van der Waals surface area contributed by atoms with E-state index in [0.29, 0.717) is 0 Å². The van der Waals surface area contributed by atoms with Crippen molar-refractivity contribution in [2.75, 3.05) is 7.11 Å². The first-order valence-electron chi connectivity index (χ1n) is 6.16. The monoisotopic (exact) mass is 276 g/mol. The molecule has 0 heterocycles. The molecule has 1 unspecified atom stereocenters. The lowest BCUT2D eigenvalue weighted by molar-refractivity contribution is -0.144. The van der Waals surface area contributed by atoms with E-state index < -0.39 is 14.2 Å². The summed E-state index contributed by atoms with van der Waals surface area (Å²) in [5, 5.41) is 0. The Bertz CT molecular complexity index is 489. The minimum absolute atomic E-state index is 0.328. The zero-order chi connectivity index (χ0) is 14.5. The molecule has 102 valence electrons. The van der Waals surface area contributed by atoms with Crippen molar-refractivity contribution in [1.29, 1.82) is 0 Å². The smallest absolute Gasteiger partial charge is 0.304 e. The molecule has 0 radical (unpaired) electrons. The molecule has 0 amide bonds. The van der Waals surface area contributed by atoms with E-state index in [9.17, 15) is 4.79 Å². The van der Waals surface area contributed by atoms with Gasteiger partial charge in [-0.2, -0.15) is 0 Å². The number of carbonyl (C=O) groups is 1. The van der Waals surface area contributed by atoms with Gasteiger partial charge in [0.25, 0.3) is 0 Å². The van der Waals surface area contributed by atoms with E-state index in [2.05, 4.69) is 31.1 Å². The van der Waals surface area contributed by atoms with Gasteiger partial charge >= 0.3 is 5.97 Å². The van der Waals surface area contributed by atoms with E-state index in [0.717, 1.165) is 11.3 Å². The van der Waals surface area contributed by atoms with Crippen LogP contribution in [0.5, 0.6) is 5.75 Å². The number of esters is 1. The third kappa shape index (κ3) is 5.62. The molecule has 0 saturated heterocycles. The quantitative estimate of drug-likeness (QED) is 0.483. The summed E-state index contributed by atoms with van der Waals surface area (Å²) in [6.07, 6.45) is -0.505. The van der Waals surface area contributed by atoms with Gasteiger partial charge in [-0.1, -0.05) is 37.7 Å². The SMILES string of the molecule is COc1ccc(C(C#C[Si](C)(C)C)OC(C)=O)cc1. The second kappa shape index (κ2) is 6.44. The highest BCUT2D eigenvalue weighted by Gasteiger charge is 2.14. The minimum atomic E-state index is -1.50. The highest BCUT2D eigenvalue weighted by atomic mass is 28.3. The summed E-state index contributed by atoms with van der Waals surface area (Å²) in [6, 6.07) is 7.40. The van der Waals surface area contributed by atoms with Crippen LogP contribution in [0, 0.1) is 11.5 Å².